The van der Waals surface area contributed by atoms with Crippen LogP contribution in [-0.4, -0.2) is 60.5 Å². The molecule has 0 aromatic carbocycles. The first kappa shape index (κ1) is 12.4. The Labute approximate surface area is 91.1 Å². The van der Waals surface area contributed by atoms with Gasteiger partial charge in [0.25, 0.3) is 0 Å². The van der Waals surface area contributed by atoms with Crippen molar-refractivity contribution in [2.45, 2.75) is 30.7 Å². The molecule has 1 aliphatic rings. The number of halogens is 1. The Hall–Kier alpha value is 0.280. The van der Waals surface area contributed by atoms with Crippen LogP contribution in [0.2, 0.25) is 0 Å². The van der Waals surface area contributed by atoms with Crippen molar-refractivity contribution in [2.24, 2.45) is 0 Å². The summed E-state index contributed by atoms with van der Waals surface area (Å²) in [5.41, 5.74) is 0. The van der Waals surface area contributed by atoms with E-state index in [0.29, 0.717) is 5.33 Å². The monoisotopic (exact) mass is 270 g/mol. The third kappa shape index (κ3) is 2.26. The molecule has 1 rings (SSSR count). The fraction of sp³-hybridized carbons (Fsp3) is 1.00. The van der Waals surface area contributed by atoms with Crippen LogP contribution in [0, 0.1) is 0 Å². The van der Waals surface area contributed by atoms with Crippen molar-refractivity contribution in [3.63, 3.8) is 0 Å². The summed E-state index contributed by atoms with van der Waals surface area (Å²) < 4.78 is 15.2. The van der Waals surface area contributed by atoms with Gasteiger partial charge in [0, 0.05) is 19.5 Å². The number of rotatable bonds is 3. The maximum Gasteiger partial charge on any atom is 0.184 e. The lowest BCUT2D eigenvalue weighted by atomic mass is 10.00. The molecule has 1 fully saturated rings. The lowest BCUT2D eigenvalue weighted by Crippen LogP contribution is -2.59. The lowest BCUT2D eigenvalue weighted by molar-refractivity contribution is -0.286. The standard InChI is InChI=1S/C8H15BrO5/c1-12-6-5(10)4(3-9)14-8(11)7(6)13-2/h4-8,10-11H,3H2,1-2H3/t4?,5-,6+,7?,8+/m1/s1. The summed E-state index contributed by atoms with van der Waals surface area (Å²) in [4.78, 5) is 0. The van der Waals surface area contributed by atoms with Gasteiger partial charge in [0.2, 0.25) is 0 Å². The highest BCUT2D eigenvalue weighted by Gasteiger charge is 2.44. The average Bonchev–Trinajstić information content (AvgIpc) is 2.20. The van der Waals surface area contributed by atoms with Crippen LogP contribution in [0.5, 0.6) is 0 Å². The molecule has 1 saturated heterocycles. The van der Waals surface area contributed by atoms with Gasteiger partial charge in [0.05, 0.1) is 6.10 Å². The van der Waals surface area contributed by atoms with Gasteiger partial charge in [-0.25, -0.2) is 0 Å². The quantitative estimate of drug-likeness (QED) is 0.677. The molecular formula is C8H15BrO5. The number of hydrogen-bond acceptors (Lipinski definition) is 5. The highest BCUT2D eigenvalue weighted by molar-refractivity contribution is 9.09. The zero-order valence-electron chi connectivity index (χ0n) is 8.09. The first-order valence-electron chi connectivity index (χ1n) is 4.28. The Bertz CT molecular complexity index is 179. The predicted octanol–water partition coefficient (Wildman–Crippen LogP) is -0.511. The van der Waals surface area contributed by atoms with Crippen LogP contribution in [0.1, 0.15) is 0 Å². The second-order valence-corrected chi connectivity index (χ2v) is 3.76. The summed E-state index contributed by atoms with van der Waals surface area (Å²) in [6.07, 6.45) is -3.61. The third-order valence-corrected chi connectivity index (χ3v) is 2.97. The third-order valence-electron chi connectivity index (χ3n) is 2.33. The maximum absolute atomic E-state index is 9.78. The van der Waals surface area contributed by atoms with Crippen molar-refractivity contribution < 1.29 is 24.4 Å². The van der Waals surface area contributed by atoms with Crippen molar-refractivity contribution in [3.05, 3.63) is 0 Å². The molecule has 0 saturated carbocycles. The molecule has 2 N–H and O–H groups in total. The van der Waals surface area contributed by atoms with E-state index in [0.717, 1.165) is 0 Å². The van der Waals surface area contributed by atoms with E-state index < -0.39 is 30.7 Å². The molecule has 2 unspecified atom stereocenters. The van der Waals surface area contributed by atoms with Gasteiger partial charge >= 0.3 is 0 Å². The molecule has 0 amide bonds. The summed E-state index contributed by atoms with van der Waals surface area (Å²) in [7, 11) is 2.90. The number of methoxy groups -OCH3 is 2. The van der Waals surface area contributed by atoms with Crippen LogP contribution in [0.4, 0.5) is 0 Å². The normalized spacial score (nSPS) is 43.9. The van der Waals surface area contributed by atoms with E-state index in [1.807, 2.05) is 0 Å². The van der Waals surface area contributed by atoms with Crippen LogP contribution in [-0.2, 0) is 14.2 Å². The second-order valence-electron chi connectivity index (χ2n) is 3.11. The smallest absolute Gasteiger partial charge is 0.184 e. The summed E-state index contributed by atoms with van der Waals surface area (Å²) >= 11 is 3.18. The molecule has 5 nitrogen and oxygen atoms in total. The Morgan fingerprint density at radius 1 is 1.21 bits per heavy atom. The van der Waals surface area contributed by atoms with Gasteiger partial charge in [-0.1, -0.05) is 15.9 Å². The molecule has 6 heteroatoms. The number of alkyl halides is 1. The van der Waals surface area contributed by atoms with E-state index in [4.69, 9.17) is 14.2 Å². The summed E-state index contributed by atoms with van der Waals surface area (Å²) in [6, 6.07) is 0. The van der Waals surface area contributed by atoms with Crippen molar-refractivity contribution in [2.75, 3.05) is 19.5 Å². The summed E-state index contributed by atoms with van der Waals surface area (Å²) in [5, 5.41) is 19.7. The van der Waals surface area contributed by atoms with E-state index in [-0.39, 0.29) is 0 Å². The van der Waals surface area contributed by atoms with Crippen molar-refractivity contribution in [3.8, 4) is 0 Å². The second kappa shape index (κ2) is 5.39. The molecule has 0 aromatic heterocycles. The minimum Gasteiger partial charge on any atom is -0.388 e. The van der Waals surface area contributed by atoms with Crippen LogP contribution < -0.4 is 0 Å². The van der Waals surface area contributed by atoms with E-state index >= 15 is 0 Å². The molecule has 5 atom stereocenters. The molecule has 84 valence electrons. The largest absolute Gasteiger partial charge is 0.388 e. The van der Waals surface area contributed by atoms with E-state index in [9.17, 15) is 10.2 Å². The topological polar surface area (TPSA) is 68.2 Å². The Kier molecular flexibility index (Phi) is 4.75. The number of hydrogen-bond donors (Lipinski definition) is 2. The molecule has 14 heavy (non-hydrogen) atoms. The number of aliphatic hydroxyl groups is 2. The van der Waals surface area contributed by atoms with E-state index in [1.165, 1.54) is 14.2 Å². The Morgan fingerprint density at radius 2 is 1.79 bits per heavy atom. The highest BCUT2D eigenvalue weighted by atomic mass is 79.9. The summed E-state index contributed by atoms with van der Waals surface area (Å²) in [6.45, 7) is 0. The Morgan fingerprint density at radius 3 is 2.21 bits per heavy atom. The molecule has 0 aliphatic carbocycles. The fourth-order valence-electron chi connectivity index (χ4n) is 1.56. The minimum absolute atomic E-state index is 0.432. The maximum atomic E-state index is 9.78. The average molecular weight is 271 g/mol. The molecule has 0 radical (unpaired) electrons. The number of aliphatic hydroxyl groups excluding tert-OH is 2. The van der Waals surface area contributed by atoms with Crippen molar-refractivity contribution >= 4 is 15.9 Å². The zero-order chi connectivity index (χ0) is 10.7. The first-order chi connectivity index (χ1) is 6.65. The zero-order valence-corrected chi connectivity index (χ0v) is 9.68. The van der Waals surface area contributed by atoms with Crippen LogP contribution in [0.15, 0.2) is 0 Å². The molecule has 1 heterocycles. The van der Waals surface area contributed by atoms with Gasteiger partial charge in [-0.05, 0) is 0 Å². The van der Waals surface area contributed by atoms with Crippen molar-refractivity contribution in [1.29, 1.82) is 0 Å². The van der Waals surface area contributed by atoms with Gasteiger partial charge in [0.1, 0.15) is 18.3 Å². The van der Waals surface area contributed by atoms with Crippen LogP contribution in [0.25, 0.3) is 0 Å². The lowest BCUT2D eigenvalue weighted by Gasteiger charge is -2.40. The van der Waals surface area contributed by atoms with Gasteiger partial charge in [0.15, 0.2) is 6.29 Å². The molecule has 1 aliphatic heterocycles. The van der Waals surface area contributed by atoms with Crippen LogP contribution in [0.3, 0.4) is 0 Å². The number of ether oxygens (including phenoxy) is 3. The minimum atomic E-state index is -1.07. The van der Waals surface area contributed by atoms with E-state index in [1.54, 1.807) is 0 Å². The van der Waals surface area contributed by atoms with Gasteiger partial charge < -0.3 is 24.4 Å². The predicted molar refractivity (Wildman–Crippen MR) is 52.3 cm³/mol. The SMILES string of the molecule is COC1[C@@H](OC)[C@H](O)C(CBr)O[C@@H]1O. The first-order valence-corrected chi connectivity index (χ1v) is 5.41. The molecule has 0 bridgehead atoms. The summed E-state index contributed by atoms with van der Waals surface area (Å²) in [5.74, 6) is 0. The van der Waals surface area contributed by atoms with E-state index in [2.05, 4.69) is 15.9 Å². The highest BCUT2D eigenvalue weighted by Crippen LogP contribution is 2.24. The van der Waals surface area contributed by atoms with Crippen molar-refractivity contribution in [1.82, 2.24) is 0 Å². The molecule has 0 aromatic rings. The molecular weight excluding hydrogens is 256 g/mol. The van der Waals surface area contributed by atoms with Crippen LogP contribution >= 0.6 is 15.9 Å². The Balaban J connectivity index is 2.73. The molecule has 0 spiro atoms. The van der Waals surface area contributed by atoms with Gasteiger partial charge in [-0.2, -0.15) is 0 Å². The van der Waals surface area contributed by atoms with Gasteiger partial charge in [-0.3, -0.25) is 0 Å². The fourth-order valence-corrected chi connectivity index (χ4v) is 2.09. The van der Waals surface area contributed by atoms with Gasteiger partial charge in [-0.15, -0.1) is 0 Å².